The molecule has 4 nitrogen and oxygen atoms in total. The number of aromatic nitrogens is 1. The smallest absolute Gasteiger partial charge is 0.381 e. The van der Waals surface area contributed by atoms with Gasteiger partial charge >= 0.3 is 5.97 Å². The Morgan fingerprint density at radius 2 is 2.21 bits per heavy atom. The van der Waals surface area contributed by atoms with Crippen LogP contribution < -0.4 is 0 Å². The molecule has 74 valence electrons. The third-order valence-electron chi connectivity index (χ3n) is 1.91. The van der Waals surface area contributed by atoms with E-state index in [0.29, 0.717) is 11.3 Å². The van der Waals surface area contributed by atoms with Crippen LogP contribution in [-0.4, -0.2) is 23.4 Å². The minimum absolute atomic E-state index is 0.298. The molecule has 1 aromatic heterocycles. The molecule has 0 saturated carbocycles. The summed E-state index contributed by atoms with van der Waals surface area (Å²) >= 11 is 0. The first-order chi connectivity index (χ1) is 6.61. The van der Waals surface area contributed by atoms with Gasteiger partial charge in [-0.1, -0.05) is 12.7 Å². The first-order valence-electron chi connectivity index (χ1n) is 4.02. The second-order valence-electron chi connectivity index (χ2n) is 2.76. The van der Waals surface area contributed by atoms with Crippen LogP contribution >= 0.6 is 0 Å². The normalized spacial score (nSPS) is 9.57. The molecular weight excluding hydrogens is 182 g/mol. The third-order valence-corrected chi connectivity index (χ3v) is 1.91. The molecule has 0 aliphatic heterocycles. The average Bonchev–Trinajstić information content (AvgIpc) is 2.57. The lowest BCUT2D eigenvalue weighted by Gasteiger charge is -2.02. The Morgan fingerprint density at radius 3 is 2.71 bits per heavy atom. The number of ketones is 1. The number of hydrogen-bond donors (Lipinski definition) is 0. The summed E-state index contributed by atoms with van der Waals surface area (Å²) in [4.78, 5) is 22.5. The van der Waals surface area contributed by atoms with Gasteiger partial charge in [-0.2, -0.15) is 0 Å². The van der Waals surface area contributed by atoms with E-state index >= 15 is 0 Å². The lowest BCUT2D eigenvalue weighted by Crippen LogP contribution is -2.19. The molecule has 0 fully saturated rings. The van der Waals surface area contributed by atoms with Crippen LogP contribution in [0.1, 0.15) is 16.1 Å². The van der Waals surface area contributed by atoms with Crippen molar-refractivity contribution in [2.24, 2.45) is 7.05 Å². The molecule has 0 unspecified atom stereocenters. The minimum Gasteiger partial charge on any atom is -0.463 e. The summed E-state index contributed by atoms with van der Waals surface area (Å²) in [5.41, 5.74) is 0.926. The molecule has 1 aromatic rings. The summed E-state index contributed by atoms with van der Waals surface area (Å²) in [7, 11) is 2.86. The van der Waals surface area contributed by atoms with Gasteiger partial charge in [0.05, 0.1) is 7.11 Å². The number of nitrogens with zero attached hydrogens (tertiary/aromatic N) is 1. The second-order valence-corrected chi connectivity index (χ2v) is 2.76. The maximum Gasteiger partial charge on any atom is 0.381 e. The zero-order chi connectivity index (χ0) is 10.7. The fraction of sp³-hybridized carbons (Fsp3) is 0.200. The number of Topliss-reactive ketones (excluding diaryl/α,β-unsaturated/α-hetero) is 1. The highest BCUT2D eigenvalue weighted by Crippen LogP contribution is 2.12. The van der Waals surface area contributed by atoms with Crippen molar-refractivity contribution in [3.05, 3.63) is 30.1 Å². The molecule has 14 heavy (non-hydrogen) atoms. The van der Waals surface area contributed by atoms with Crippen LogP contribution in [0.2, 0.25) is 0 Å². The second kappa shape index (κ2) is 3.91. The van der Waals surface area contributed by atoms with E-state index < -0.39 is 11.8 Å². The molecule has 0 spiro atoms. The van der Waals surface area contributed by atoms with Crippen LogP contribution in [0.3, 0.4) is 0 Å². The lowest BCUT2D eigenvalue weighted by molar-refractivity contribution is -0.135. The predicted molar refractivity (Wildman–Crippen MR) is 51.9 cm³/mol. The summed E-state index contributed by atoms with van der Waals surface area (Å²) in [6.07, 6.45) is 3.21. The number of aryl methyl sites for hydroxylation is 1. The third kappa shape index (κ3) is 1.59. The summed E-state index contributed by atoms with van der Waals surface area (Å²) in [6.45, 7) is 3.55. The molecule has 0 amide bonds. The maximum atomic E-state index is 11.5. The Labute approximate surface area is 81.8 Å². The number of esters is 1. The van der Waals surface area contributed by atoms with Gasteiger partial charge in [-0.15, -0.1) is 0 Å². The van der Waals surface area contributed by atoms with Gasteiger partial charge < -0.3 is 9.30 Å². The van der Waals surface area contributed by atoms with Crippen LogP contribution in [0.4, 0.5) is 0 Å². The highest BCUT2D eigenvalue weighted by atomic mass is 16.5. The topological polar surface area (TPSA) is 48.3 Å². The van der Waals surface area contributed by atoms with Crippen molar-refractivity contribution in [2.45, 2.75) is 0 Å². The van der Waals surface area contributed by atoms with Gasteiger partial charge in [-0.05, 0) is 6.07 Å². The van der Waals surface area contributed by atoms with Crippen molar-refractivity contribution in [1.82, 2.24) is 4.57 Å². The van der Waals surface area contributed by atoms with Crippen molar-refractivity contribution >= 4 is 17.8 Å². The number of ether oxygens (including phenoxy) is 1. The van der Waals surface area contributed by atoms with Crippen molar-refractivity contribution in [1.29, 1.82) is 0 Å². The zero-order valence-corrected chi connectivity index (χ0v) is 8.11. The van der Waals surface area contributed by atoms with Crippen LogP contribution in [0.5, 0.6) is 0 Å². The summed E-state index contributed by atoms with van der Waals surface area (Å²) in [6, 6.07) is 1.71. The Balaban J connectivity index is 3.17. The molecule has 0 saturated heterocycles. The van der Waals surface area contributed by atoms with Crippen molar-refractivity contribution < 1.29 is 14.3 Å². The molecule has 4 heteroatoms. The summed E-state index contributed by atoms with van der Waals surface area (Å²) < 4.78 is 5.92. The van der Waals surface area contributed by atoms with Gasteiger partial charge in [-0.3, -0.25) is 4.79 Å². The number of carbonyl (C=O) groups is 2. The molecule has 0 atom stereocenters. The predicted octanol–water partition coefficient (Wildman–Crippen LogP) is 1.02. The Hall–Kier alpha value is -1.84. The van der Waals surface area contributed by atoms with Gasteiger partial charge in [0.25, 0.3) is 5.78 Å². The van der Waals surface area contributed by atoms with Crippen molar-refractivity contribution in [3.8, 4) is 0 Å². The van der Waals surface area contributed by atoms with Gasteiger partial charge in [0.2, 0.25) is 0 Å². The van der Waals surface area contributed by atoms with Crippen molar-refractivity contribution in [2.75, 3.05) is 7.11 Å². The quantitative estimate of drug-likeness (QED) is 0.409. The highest BCUT2D eigenvalue weighted by molar-refractivity contribution is 6.40. The Morgan fingerprint density at radius 1 is 1.57 bits per heavy atom. The van der Waals surface area contributed by atoms with Gasteiger partial charge in [0.15, 0.2) is 0 Å². The fourth-order valence-electron chi connectivity index (χ4n) is 1.19. The SMILES string of the molecule is C=Cc1ccn(C)c1C(=O)C(=O)OC. The van der Waals surface area contributed by atoms with E-state index in [1.165, 1.54) is 13.2 Å². The van der Waals surface area contributed by atoms with E-state index in [0.717, 1.165) is 0 Å². The lowest BCUT2D eigenvalue weighted by atomic mass is 10.2. The van der Waals surface area contributed by atoms with Gasteiger partial charge in [0.1, 0.15) is 5.69 Å². The van der Waals surface area contributed by atoms with Crippen LogP contribution in [0.15, 0.2) is 18.8 Å². The van der Waals surface area contributed by atoms with Gasteiger partial charge in [0, 0.05) is 18.8 Å². The standard InChI is InChI=1S/C10H11NO3/c1-4-7-5-6-11(2)8(7)9(12)10(13)14-3/h4-6H,1H2,2-3H3. The first kappa shape index (κ1) is 10.2. The highest BCUT2D eigenvalue weighted by Gasteiger charge is 2.21. The zero-order valence-electron chi connectivity index (χ0n) is 8.11. The Kier molecular flexibility index (Phi) is 2.86. The molecule has 0 aliphatic rings. The molecule has 1 heterocycles. The number of methoxy groups -OCH3 is 1. The van der Waals surface area contributed by atoms with E-state index in [4.69, 9.17) is 0 Å². The molecule has 0 N–H and O–H groups in total. The molecule has 0 aliphatic carbocycles. The van der Waals surface area contributed by atoms with E-state index in [-0.39, 0.29) is 0 Å². The van der Waals surface area contributed by atoms with Gasteiger partial charge in [-0.25, -0.2) is 4.79 Å². The van der Waals surface area contributed by atoms with Crippen LogP contribution in [-0.2, 0) is 16.6 Å². The molecule has 0 aromatic carbocycles. The number of rotatable bonds is 3. The minimum atomic E-state index is -0.866. The molecule has 0 radical (unpaired) electrons. The molecule has 0 bridgehead atoms. The van der Waals surface area contributed by atoms with E-state index in [1.807, 2.05) is 0 Å². The van der Waals surface area contributed by atoms with Crippen LogP contribution in [0.25, 0.3) is 6.08 Å². The van der Waals surface area contributed by atoms with E-state index in [9.17, 15) is 9.59 Å². The summed E-state index contributed by atoms with van der Waals surface area (Å²) in [5.74, 6) is -1.52. The maximum absolute atomic E-state index is 11.5. The fourth-order valence-corrected chi connectivity index (χ4v) is 1.19. The van der Waals surface area contributed by atoms with Crippen molar-refractivity contribution in [3.63, 3.8) is 0 Å². The van der Waals surface area contributed by atoms with E-state index in [1.54, 1.807) is 23.9 Å². The molecule has 1 rings (SSSR count). The number of carbonyl (C=O) groups excluding carboxylic acids is 2. The first-order valence-corrected chi connectivity index (χ1v) is 4.02. The number of hydrogen-bond acceptors (Lipinski definition) is 3. The van der Waals surface area contributed by atoms with Crippen LogP contribution in [0, 0.1) is 0 Å². The summed E-state index contributed by atoms with van der Waals surface area (Å²) in [5, 5.41) is 0. The van der Waals surface area contributed by atoms with E-state index in [2.05, 4.69) is 11.3 Å². The average molecular weight is 193 g/mol. The largest absolute Gasteiger partial charge is 0.463 e. The monoisotopic (exact) mass is 193 g/mol. The molecular formula is C10H11NO3. The Bertz CT molecular complexity index is 390.